The topological polar surface area (TPSA) is 117 Å². The highest BCUT2D eigenvalue weighted by Crippen LogP contribution is 2.26. The van der Waals surface area contributed by atoms with Crippen molar-refractivity contribution in [3.05, 3.63) is 41.6 Å². The molecule has 0 spiro atoms. The highest BCUT2D eigenvalue weighted by molar-refractivity contribution is 6.28. The first kappa shape index (κ1) is 15.6. The van der Waals surface area contributed by atoms with Gasteiger partial charge in [-0.3, -0.25) is 0 Å². The molecule has 0 atom stereocenters. The van der Waals surface area contributed by atoms with Crippen molar-refractivity contribution in [3.63, 3.8) is 0 Å². The van der Waals surface area contributed by atoms with Gasteiger partial charge in [0, 0.05) is 12.1 Å². The smallest absolute Gasteiger partial charge is 0.267 e. The van der Waals surface area contributed by atoms with Gasteiger partial charge < -0.3 is 8.83 Å². The second kappa shape index (κ2) is 5.71. The van der Waals surface area contributed by atoms with Gasteiger partial charge >= 0.3 is 0 Å². The summed E-state index contributed by atoms with van der Waals surface area (Å²) in [4.78, 5) is 28.0. The first-order chi connectivity index (χ1) is 13.1. The second-order valence-electron chi connectivity index (χ2n) is 5.24. The molecule has 27 heavy (non-hydrogen) atoms. The lowest BCUT2D eigenvalue weighted by Gasteiger charge is -1.98. The molecule has 0 aliphatic rings. The van der Waals surface area contributed by atoms with Crippen molar-refractivity contribution < 1.29 is 17.6 Å². The first-order valence-electron chi connectivity index (χ1n) is 7.31. The Bertz CT molecular complexity index is 1260. The molecular formula is C15H4ClF2N7O2. The van der Waals surface area contributed by atoms with Gasteiger partial charge in [-0.1, -0.05) is 0 Å². The molecule has 4 heterocycles. The third-order valence-corrected chi connectivity index (χ3v) is 3.66. The summed E-state index contributed by atoms with van der Waals surface area (Å²) in [7, 11) is 0. The van der Waals surface area contributed by atoms with Crippen molar-refractivity contribution in [1.82, 2.24) is 34.9 Å². The summed E-state index contributed by atoms with van der Waals surface area (Å²) in [6.07, 6.45) is 2.77. The Hall–Kier alpha value is -3.60. The highest BCUT2D eigenvalue weighted by Gasteiger charge is 2.19. The maximum atomic E-state index is 13.4. The third kappa shape index (κ3) is 2.64. The van der Waals surface area contributed by atoms with Crippen LogP contribution in [-0.4, -0.2) is 34.9 Å². The van der Waals surface area contributed by atoms with E-state index in [9.17, 15) is 8.78 Å². The molecule has 0 bridgehead atoms. The average molecular weight is 388 g/mol. The Morgan fingerprint density at radius 2 is 1.52 bits per heavy atom. The van der Waals surface area contributed by atoms with Crippen LogP contribution in [0.15, 0.2) is 33.5 Å². The summed E-state index contributed by atoms with van der Waals surface area (Å²) in [5.74, 6) is -2.24. The van der Waals surface area contributed by atoms with Crippen LogP contribution in [0.25, 0.3) is 45.8 Å². The summed E-state index contributed by atoms with van der Waals surface area (Å²) >= 11 is 5.95. The molecule has 0 aliphatic carbocycles. The van der Waals surface area contributed by atoms with Crippen molar-refractivity contribution in [1.29, 1.82) is 0 Å². The molecule has 5 aromatic rings. The van der Waals surface area contributed by atoms with E-state index in [1.807, 2.05) is 0 Å². The lowest BCUT2D eigenvalue weighted by Crippen LogP contribution is -1.97. The molecule has 0 saturated heterocycles. The highest BCUT2D eigenvalue weighted by atomic mass is 35.5. The van der Waals surface area contributed by atoms with Gasteiger partial charge in [0.15, 0.2) is 17.2 Å². The number of aromatic nitrogens is 7. The van der Waals surface area contributed by atoms with Crippen LogP contribution in [0.3, 0.4) is 0 Å². The maximum Gasteiger partial charge on any atom is 0.267 e. The third-order valence-electron chi connectivity index (χ3n) is 3.49. The zero-order chi connectivity index (χ0) is 18.5. The van der Waals surface area contributed by atoms with Gasteiger partial charge in [0.2, 0.25) is 16.9 Å². The number of oxazole rings is 2. The van der Waals surface area contributed by atoms with Crippen LogP contribution in [0.1, 0.15) is 0 Å². The quantitative estimate of drug-likeness (QED) is 0.450. The van der Waals surface area contributed by atoms with Crippen LogP contribution in [-0.2, 0) is 0 Å². The van der Waals surface area contributed by atoms with E-state index < -0.39 is 11.6 Å². The lowest BCUT2D eigenvalue weighted by atomic mass is 10.3. The van der Waals surface area contributed by atoms with Crippen LogP contribution >= 0.6 is 11.6 Å². The van der Waals surface area contributed by atoms with Crippen molar-refractivity contribution in [2.45, 2.75) is 0 Å². The van der Waals surface area contributed by atoms with E-state index in [2.05, 4.69) is 34.9 Å². The minimum Gasteiger partial charge on any atom is -0.433 e. The summed E-state index contributed by atoms with van der Waals surface area (Å²) in [6.45, 7) is 0. The van der Waals surface area contributed by atoms with E-state index in [-0.39, 0.29) is 45.5 Å². The molecule has 0 radical (unpaired) electrons. The van der Waals surface area contributed by atoms with E-state index in [1.165, 1.54) is 12.5 Å². The Balaban J connectivity index is 1.65. The molecule has 0 fully saturated rings. The fraction of sp³-hybridized carbons (Fsp3) is 0. The van der Waals surface area contributed by atoms with Crippen molar-refractivity contribution in [3.8, 4) is 23.4 Å². The minimum atomic E-state index is -1.06. The van der Waals surface area contributed by atoms with E-state index in [4.69, 9.17) is 20.4 Å². The van der Waals surface area contributed by atoms with E-state index >= 15 is 0 Å². The Kier molecular flexibility index (Phi) is 3.31. The zero-order valence-corrected chi connectivity index (χ0v) is 13.6. The standard InChI is InChI=1S/C15H4ClF2N7O2/c16-15-24-10(13-21-7-1-5(17)6(18)2-9(7)26-13)23-11(25-15)14-22-8-3-19-4-20-12(8)27-14/h1-4H. The SMILES string of the molecule is Fc1cc2nc(-c3nc(Cl)nc(-c4nc5cncnc5o4)n3)oc2cc1F. The first-order valence-corrected chi connectivity index (χ1v) is 7.69. The van der Waals surface area contributed by atoms with Gasteiger partial charge in [-0.2, -0.15) is 19.9 Å². The number of rotatable bonds is 2. The number of benzene rings is 1. The lowest BCUT2D eigenvalue weighted by molar-refractivity contribution is 0.507. The molecule has 0 amide bonds. The molecular weight excluding hydrogens is 384 g/mol. The Labute approximate surface area is 152 Å². The van der Waals surface area contributed by atoms with E-state index in [1.54, 1.807) is 0 Å². The molecule has 9 nitrogen and oxygen atoms in total. The van der Waals surface area contributed by atoms with Crippen LogP contribution in [0, 0.1) is 11.6 Å². The van der Waals surface area contributed by atoms with Gasteiger partial charge in [-0.15, -0.1) is 0 Å². The van der Waals surface area contributed by atoms with E-state index in [0.29, 0.717) is 5.52 Å². The molecule has 4 aromatic heterocycles. The van der Waals surface area contributed by atoms with Crippen LogP contribution in [0.2, 0.25) is 5.28 Å². The van der Waals surface area contributed by atoms with Crippen LogP contribution in [0.4, 0.5) is 8.78 Å². The second-order valence-corrected chi connectivity index (χ2v) is 5.57. The van der Waals surface area contributed by atoms with Crippen molar-refractivity contribution >= 4 is 33.9 Å². The van der Waals surface area contributed by atoms with Crippen molar-refractivity contribution in [2.75, 3.05) is 0 Å². The van der Waals surface area contributed by atoms with Crippen LogP contribution < -0.4 is 0 Å². The molecule has 0 aliphatic heterocycles. The Morgan fingerprint density at radius 3 is 2.30 bits per heavy atom. The number of hydrogen-bond acceptors (Lipinski definition) is 9. The Morgan fingerprint density at radius 1 is 0.815 bits per heavy atom. The zero-order valence-electron chi connectivity index (χ0n) is 12.9. The molecule has 0 N–H and O–H groups in total. The monoisotopic (exact) mass is 387 g/mol. The fourth-order valence-electron chi connectivity index (χ4n) is 2.35. The number of hydrogen-bond donors (Lipinski definition) is 0. The predicted molar refractivity (Wildman–Crippen MR) is 86.3 cm³/mol. The molecule has 132 valence electrons. The van der Waals surface area contributed by atoms with E-state index in [0.717, 1.165) is 12.1 Å². The summed E-state index contributed by atoms with van der Waals surface area (Å²) in [6, 6.07) is 1.78. The largest absolute Gasteiger partial charge is 0.433 e. The molecule has 0 unspecified atom stereocenters. The maximum absolute atomic E-state index is 13.4. The van der Waals surface area contributed by atoms with Gasteiger partial charge in [-0.25, -0.2) is 23.7 Å². The summed E-state index contributed by atoms with van der Waals surface area (Å²) < 4.78 is 37.6. The summed E-state index contributed by atoms with van der Waals surface area (Å²) in [5, 5.41) is -0.178. The van der Waals surface area contributed by atoms with Gasteiger partial charge in [-0.05, 0) is 11.6 Å². The fourth-order valence-corrected chi connectivity index (χ4v) is 2.51. The summed E-state index contributed by atoms with van der Waals surface area (Å²) in [5.41, 5.74) is 0.766. The molecule has 0 saturated carbocycles. The molecule has 1 aromatic carbocycles. The average Bonchev–Trinajstić information content (AvgIpc) is 3.25. The number of halogens is 3. The number of fused-ring (bicyclic) bond motifs is 2. The normalized spacial score (nSPS) is 11.5. The predicted octanol–water partition coefficient (Wildman–Crippen LogP) is 3.21. The molecule has 12 heteroatoms. The van der Waals surface area contributed by atoms with Gasteiger partial charge in [0.05, 0.1) is 6.20 Å². The van der Waals surface area contributed by atoms with Crippen molar-refractivity contribution in [2.24, 2.45) is 0 Å². The van der Waals surface area contributed by atoms with Gasteiger partial charge in [0.1, 0.15) is 17.4 Å². The molecule has 5 rings (SSSR count). The number of nitrogens with zero attached hydrogens (tertiary/aromatic N) is 7. The minimum absolute atomic E-state index is 0.00242. The van der Waals surface area contributed by atoms with Gasteiger partial charge in [0.25, 0.3) is 17.5 Å². The van der Waals surface area contributed by atoms with Crippen LogP contribution in [0.5, 0.6) is 0 Å².